The third-order valence-electron chi connectivity index (χ3n) is 2.73. The number of rotatable bonds is 2. The average molecular weight is 319 g/mol. The Hall–Kier alpha value is -1.52. The molecule has 0 aliphatic carbocycles. The highest BCUT2D eigenvalue weighted by Crippen LogP contribution is 2.34. The number of hydrogen-bond donors (Lipinski definition) is 0. The Bertz CT molecular complexity index is 648. The highest BCUT2D eigenvalue weighted by atomic mass is 35.5. The number of alkyl halides is 3. The van der Waals surface area contributed by atoms with E-state index in [9.17, 15) is 18.0 Å². The highest BCUT2D eigenvalue weighted by Gasteiger charge is 2.30. The van der Waals surface area contributed by atoms with Gasteiger partial charge in [-0.3, -0.25) is 4.79 Å². The molecule has 0 radical (unpaired) electrons. The summed E-state index contributed by atoms with van der Waals surface area (Å²) in [6, 6.07) is 9.10. The quantitative estimate of drug-likeness (QED) is 0.677. The van der Waals surface area contributed by atoms with Crippen molar-refractivity contribution in [3.8, 4) is 11.1 Å². The Morgan fingerprint density at radius 2 is 1.60 bits per heavy atom. The maximum absolute atomic E-state index is 12.5. The van der Waals surface area contributed by atoms with Crippen molar-refractivity contribution in [2.24, 2.45) is 0 Å². The zero-order valence-corrected chi connectivity index (χ0v) is 11.4. The standard InChI is InChI=1S/C14H7Cl2F3O/c15-11-3-1-2-10(12(11)13(16)20)8-4-6-9(7-5-8)14(17,18)19/h1-7H. The van der Waals surface area contributed by atoms with Crippen molar-refractivity contribution >= 4 is 28.4 Å². The lowest BCUT2D eigenvalue weighted by molar-refractivity contribution is -0.137. The summed E-state index contributed by atoms with van der Waals surface area (Å²) in [6.07, 6.45) is -4.40. The monoisotopic (exact) mass is 318 g/mol. The Labute approximate surface area is 122 Å². The second-order valence-electron chi connectivity index (χ2n) is 4.01. The van der Waals surface area contributed by atoms with Gasteiger partial charge in [0.15, 0.2) is 0 Å². The minimum absolute atomic E-state index is 0.0793. The van der Waals surface area contributed by atoms with Crippen LogP contribution in [0.3, 0.4) is 0 Å². The normalized spacial score (nSPS) is 11.4. The first kappa shape index (κ1) is 14.9. The van der Waals surface area contributed by atoms with E-state index in [1.54, 1.807) is 12.1 Å². The number of carbonyl (C=O) groups excluding carboxylic acids is 1. The number of hydrogen-bond acceptors (Lipinski definition) is 1. The fourth-order valence-electron chi connectivity index (χ4n) is 1.80. The lowest BCUT2D eigenvalue weighted by Gasteiger charge is -2.10. The molecule has 0 aromatic heterocycles. The van der Waals surface area contributed by atoms with Crippen molar-refractivity contribution in [1.29, 1.82) is 0 Å². The molecule has 0 heterocycles. The largest absolute Gasteiger partial charge is 0.416 e. The molecular formula is C14H7Cl2F3O. The molecule has 0 saturated carbocycles. The van der Waals surface area contributed by atoms with Crippen molar-refractivity contribution in [2.75, 3.05) is 0 Å². The van der Waals surface area contributed by atoms with E-state index in [4.69, 9.17) is 23.2 Å². The van der Waals surface area contributed by atoms with Gasteiger partial charge in [-0.05, 0) is 40.9 Å². The van der Waals surface area contributed by atoms with Crippen LogP contribution in [0.25, 0.3) is 11.1 Å². The fourth-order valence-corrected chi connectivity index (χ4v) is 2.32. The zero-order chi connectivity index (χ0) is 14.9. The van der Waals surface area contributed by atoms with Crippen LogP contribution in [0.1, 0.15) is 15.9 Å². The second kappa shape index (κ2) is 5.46. The van der Waals surface area contributed by atoms with Crippen molar-refractivity contribution < 1.29 is 18.0 Å². The molecule has 0 aliphatic rings. The van der Waals surface area contributed by atoms with E-state index in [1.165, 1.54) is 18.2 Å². The van der Waals surface area contributed by atoms with Gasteiger partial charge in [0.05, 0.1) is 16.1 Å². The van der Waals surface area contributed by atoms with E-state index in [1.807, 2.05) is 0 Å². The summed E-state index contributed by atoms with van der Waals surface area (Å²) in [6.45, 7) is 0. The van der Waals surface area contributed by atoms with Crippen LogP contribution in [0.2, 0.25) is 5.02 Å². The predicted octanol–water partition coefficient (Wildman–Crippen LogP) is 5.40. The first-order chi connectivity index (χ1) is 9.30. The average Bonchev–Trinajstić information content (AvgIpc) is 2.37. The summed E-state index contributed by atoms with van der Waals surface area (Å²) in [5.41, 5.74) is 0.147. The minimum atomic E-state index is -4.40. The van der Waals surface area contributed by atoms with Crippen LogP contribution in [0, 0.1) is 0 Å². The first-order valence-electron chi connectivity index (χ1n) is 5.46. The molecule has 0 N–H and O–H groups in total. The third-order valence-corrected chi connectivity index (χ3v) is 3.24. The second-order valence-corrected chi connectivity index (χ2v) is 4.76. The van der Waals surface area contributed by atoms with Gasteiger partial charge in [-0.15, -0.1) is 0 Å². The summed E-state index contributed by atoms with van der Waals surface area (Å²) in [4.78, 5) is 11.4. The molecule has 0 unspecified atom stereocenters. The highest BCUT2D eigenvalue weighted by molar-refractivity contribution is 6.69. The first-order valence-corrected chi connectivity index (χ1v) is 6.22. The molecule has 0 saturated heterocycles. The third kappa shape index (κ3) is 2.97. The molecule has 2 aromatic rings. The van der Waals surface area contributed by atoms with Crippen molar-refractivity contribution in [2.45, 2.75) is 6.18 Å². The summed E-state index contributed by atoms with van der Waals surface area (Å²) in [7, 11) is 0. The molecule has 0 spiro atoms. The molecule has 6 heteroatoms. The van der Waals surface area contributed by atoms with Gasteiger partial charge in [-0.1, -0.05) is 35.9 Å². The van der Waals surface area contributed by atoms with Crippen LogP contribution < -0.4 is 0 Å². The van der Waals surface area contributed by atoms with E-state index in [-0.39, 0.29) is 10.6 Å². The van der Waals surface area contributed by atoms with Gasteiger partial charge in [0.25, 0.3) is 5.24 Å². The number of halogens is 5. The van der Waals surface area contributed by atoms with Gasteiger partial charge < -0.3 is 0 Å². The Morgan fingerprint density at radius 1 is 1.00 bits per heavy atom. The molecule has 0 amide bonds. The molecule has 0 bridgehead atoms. The van der Waals surface area contributed by atoms with E-state index in [0.29, 0.717) is 11.1 Å². The molecule has 0 aliphatic heterocycles. The van der Waals surface area contributed by atoms with Crippen LogP contribution in [0.15, 0.2) is 42.5 Å². The summed E-state index contributed by atoms with van der Waals surface area (Å²) < 4.78 is 37.5. The van der Waals surface area contributed by atoms with E-state index in [2.05, 4.69) is 0 Å². The zero-order valence-electron chi connectivity index (χ0n) is 9.84. The minimum Gasteiger partial charge on any atom is -0.276 e. The molecule has 1 nitrogen and oxygen atoms in total. The molecule has 20 heavy (non-hydrogen) atoms. The number of benzene rings is 2. The topological polar surface area (TPSA) is 17.1 Å². The van der Waals surface area contributed by atoms with Gasteiger partial charge in [0.1, 0.15) is 0 Å². The Morgan fingerprint density at radius 3 is 2.10 bits per heavy atom. The summed E-state index contributed by atoms with van der Waals surface area (Å²) >= 11 is 11.4. The molecule has 2 aromatic carbocycles. The van der Waals surface area contributed by atoms with Gasteiger partial charge in [-0.2, -0.15) is 13.2 Å². The van der Waals surface area contributed by atoms with Crippen molar-refractivity contribution in [1.82, 2.24) is 0 Å². The van der Waals surface area contributed by atoms with Gasteiger partial charge in [0, 0.05) is 0 Å². The molecule has 2 rings (SSSR count). The molecular weight excluding hydrogens is 312 g/mol. The van der Waals surface area contributed by atoms with Gasteiger partial charge in [0.2, 0.25) is 0 Å². The Balaban J connectivity index is 2.53. The molecule has 0 atom stereocenters. The fraction of sp³-hybridized carbons (Fsp3) is 0.0714. The van der Waals surface area contributed by atoms with Crippen LogP contribution in [0.4, 0.5) is 13.2 Å². The Kier molecular flexibility index (Phi) is 4.06. The van der Waals surface area contributed by atoms with Gasteiger partial charge >= 0.3 is 6.18 Å². The van der Waals surface area contributed by atoms with Crippen LogP contribution >= 0.6 is 23.2 Å². The maximum atomic E-state index is 12.5. The van der Waals surface area contributed by atoms with E-state index >= 15 is 0 Å². The lowest BCUT2D eigenvalue weighted by Crippen LogP contribution is -2.04. The molecule has 0 fully saturated rings. The van der Waals surface area contributed by atoms with E-state index < -0.39 is 17.0 Å². The smallest absolute Gasteiger partial charge is 0.276 e. The van der Waals surface area contributed by atoms with Crippen LogP contribution in [0.5, 0.6) is 0 Å². The predicted molar refractivity (Wildman–Crippen MR) is 72.1 cm³/mol. The lowest BCUT2D eigenvalue weighted by atomic mass is 9.99. The summed E-state index contributed by atoms with van der Waals surface area (Å²) in [5, 5.41) is -0.604. The number of carbonyl (C=O) groups is 1. The summed E-state index contributed by atoms with van der Waals surface area (Å²) in [5.74, 6) is 0. The SMILES string of the molecule is O=C(Cl)c1c(Cl)cccc1-c1ccc(C(F)(F)F)cc1. The van der Waals surface area contributed by atoms with E-state index in [0.717, 1.165) is 12.1 Å². The van der Waals surface area contributed by atoms with Gasteiger partial charge in [-0.25, -0.2) is 0 Å². The molecule has 104 valence electrons. The maximum Gasteiger partial charge on any atom is 0.416 e. The van der Waals surface area contributed by atoms with Crippen molar-refractivity contribution in [3.05, 3.63) is 58.6 Å². The van der Waals surface area contributed by atoms with Crippen molar-refractivity contribution in [3.63, 3.8) is 0 Å². The van der Waals surface area contributed by atoms with Crippen LogP contribution in [-0.4, -0.2) is 5.24 Å². The van der Waals surface area contributed by atoms with Crippen LogP contribution in [-0.2, 0) is 6.18 Å².